The first-order valence-corrected chi connectivity index (χ1v) is 12.7. The Morgan fingerprint density at radius 3 is 2.58 bits per heavy atom. The Balaban J connectivity index is 1.34. The molecule has 2 aromatic rings. The molecule has 1 aromatic heterocycles. The normalized spacial score (nSPS) is 22.5. The fourth-order valence-electron chi connectivity index (χ4n) is 5.55. The maximum absolute atomic E-state index is 13.4. The van der Waals surface area contributed by atoms with E-state index in [0.717, 1.165) is 36.7 Å². The van der Waals surface area contributed by atoms with Crippen molar-refractivity contribution in [1.29, 1.82) is 0 Å². The summed E-state index contributed by atoms with van der Waals surface area (Å²) in [5.41, 5.74) is 1.17. The van der Waals surface area contributed by atoms with E-state index < -0.39 is 0 Å². The number of benzene rings is 1. The van der Waals surface area contributed by atoms with Crippen LogP contribution in [0.5, 0.6) is 0 Å². The van der Waals surface area contributed by atoms with Crippen LogP contribution in [0, 0.1) is 5.92 Å². The molecule has 5 nitrogen and oxygen atoms in total. The van der Waals surface area contributed by atoms with Crippen LogP contribution < -0.4 is 0 Å². The van der Waals surface area contributed by atoms with Crippen LogP contribution in [-0.4, -0.2) is 61.0 Å². The average molecular weight is 441 g/mol. The summed E-state index contributed by atoms with van der Waals surface area (Å²) in [5, 5.41) is 1.19. The van der Waals surface area contributed by atoms with Crippen molar-refractivity contribution >= 4 is 33.2 Å². The van der Waals surface area contributed by atoms with Crippen LogP contribution in [0.25, 0.3) is 10.1 Å². The monoisotopic (exact) mass is 440 g/mol. The van der Waals surface area contributed by atoms with Crippen molar-refractivity contribution < 1.29 is 14.3 Å². The van der Waals surface area contributed by atoms with E-state index >= 15 is 0 Å². The quantitative estimate of drug-likeness (QED) is 0.679. The standard InChI is InChI=1S/C25H32N2O3S/c28-22(10-9-18-5-1-2-6-18)27-12-11-19(17-27)23-20-7-3-4-8-21(20)31-24(23)25(29)26-13-15-30-16-14-26/h3-4,7-8,18-19H,1-2,5-6,9-17H2. The van der Waals surface area contributed by atoms with Gasteiger partial charge in [-0.1, -0.05) is 43.9 Å². The Kier molecular flexibility index (Phi) is 6.28. The zero-order valence-electron chi connectivity index (χ0n) is 18.2. The molecule has 2 aliphatic heterocycles. The molecule has 0 N–H and O–H groups in total. The van der Waals surface area contributed by atoms with E-state index in [1.807, 2.05) is 11.0 Å². The molecular formula is C25H32N2O3S. The molecule has 3 heterocycles. The fraction of sp³-hybridized carbons (Fsp3) is 0.600. The molecule has 6 heteroatoms. The summed E-state index contributed by atoms with van der Waals surface area (Å²) < 4.78 is 6.61. The van der Waals surface area contributed by atoms with Gasteiger partial charge in [-0.25, -0.2) is 0 Å². The van der Waals surface area contributed by atoms with Gasteiger partial charge in [0.1, 0.15) is 0 Å². The van der Waals surface area contributed by atoms with E-state index in [2.05, 4.69) is 23.1 Å². The number of likely N-dealkylation sites (tertiary alicyclic amines) is 1. The third kappa shape index (κ3) is 4.37. The van der Waals surface area contributed by atoms with Gasteiger partial charge in [0.2, 0.25) is 5.91 Å². The lowest BCUT2D eigenvalue weighted by Gasteiger charge is -2.27. The third-order valence-electron chi connectivity index (χ3n) is 7.32. The zero-order chi connectivity index (χ0) is 21.2. The van der Waals surface area contributed by atoms with Gasteiger partial charge in [0.25, 0.3) is 5.91 Å². The summed E-state index contributed by atoms with van der Waals surface area (Å²) in [6, 6.07) is 8.35. The lowest BCUT2D eigenvalue weighted by molar-refractivity contribution is -0.130. The number of thiophene rings is 1. The second kappa shape index (κ2) is 9.29. The number of fused-ring (bicyclic) bond motifs is 1. The molecule has 1 atom stereocenters. The highest BCUT2D eigenvalue weighted by atomic mass is 32.1. The SMILES string of the molecule is O=C(CCC1CCCC1)N1CCC(c2c(C(=O)N3CCOCC3)sc3ccccc23)C1. The summed E-state index contributed by atoms with van der Waals surface area (Å²) in [6.45, 7) is 4.08. The summed E-state index contributed by atoms with van der Waals surface area (Å²) >= 11 is 1.61. The summed E-state index contributed by atoms with van der Waals surface area (Å²) in [6.07, 6.45) is 7.92. The average Bonchev–Trinajstić information content (AvgIpc) is 3.56. The molecule has 0 bridgehead atoms. The van der Waals surface area contributed by atoms with Gasteiger partial charge in [-0.05, 0) is 35.8 Å². The van der Waals surface area contributed by atoms with Crippen molar-refractivity contribution in [2.24, 2.45) is 5.92 Å². The molecule has 1 saturated carbocycles. The maximum Gasteiger partial charge on any atom is 0.264 e. The number of amides is 2. The van der Waals surface area contributed by atoms with Gasteiger partial charge < -0.3 is 14.5 Å². The molecule has 5 rings (SSSR count). The largest absolute Gasteiger partial charge is 0.378 e. The topological polar surface area (TPSA) is 49.9 Å². The van der Waals surface area contributed by atoms with Crippen molar-refractivity contribution in [2.75, 3.05) is 39.4 Å². The second-order valence-corrected chi connectivity index (χ2v) is 10.3. The molecule has 1 aliphatic carbocycles. The Labute approximate surface area is 188 Å². The Bertz CT molecular complexity index is 943. The van der Waals surface area contributed by atoms with Gasteiger partial charge >= 0.3 is 0 Å². The summed E-state index contributed by atoms with van der Waals surface area (Å²) in [5.74, 6) is 1.42. The van der Waals surface area contributed by atoms with Crippen molar-refractivity contribution in [2.45, 2.75) is 50.9 Å². The van der Waals surface area contributed by atoms with E-state index in [-0.39, 0.29) is 11.8 Å². The van der Waals surface area contributed by atoms with Crippen LogP contribution in [0.3, 0.4) is 0 Å². The second-order valence-electron chi connectivity index (χ2n) is 9.26. The third-order valence-corrected chi connectivity index (χ3v) is 8.49. The molecule has 2 saturated heterocycles. The number of nitrogens with zero attached hydrogens (tertiary/aromatic N) is 2. The number of hydrogen-bond donors (Lipinski definition) is 0. The van der Waals surface area contributed by atoms with E-state index in [0.29, 0.717) is 38.6 Å². The van der Waals surface area contributed by atoms with Gasteiger partial charge in [0.05, 0.1) is 18.1 Å². The molecule has 0 spiro atoms. The van der Waals surface area contributed by atoms with Gasteiger partial charge in [-0.2, -0.15) is 0 Å². The number of hydrogen-bond acceptors (Lipinski definition) is 4. The number of morpholine rings is 1. The highest BCUT2D eigenvalue weighted by Gasteiger charge is 2.34. The highest BCUT2D eigenvalue weighted by Crippen LogP contribution is 2.41. The van der Waals surface area contributed by atoms with Crippen LogP contribution in [0.1, 0.15) is 66.1 Å². The summed E-state index contributed by atoms with van der Waals surface area (Å²) in [7, 11) is 0. The minimum atomic E-state index is 0.130. The van der Waals surface area contributed by atoms with Crippen molar-refractivity contribution in [1.82, 2.24) is 9.80 Å². The first kappa shape index (κ1) is 21.0. The van der Waals surface area contributed by atoms with E-state index in [9.17, 15) is 9.59 Å². The molecule has 1 aromatic carbocycles. The number of carbonyl (C=O) groups excluding carboxylic acids is 2. The van der Waals surface area contributed by atoms with Crippen molar-refractivity contribution in [3.05, 3.63) is 34.7 Å². The van der Waals surface area contributed by atoms with E-state index in [1.54, 1.807) is 11.3 Å². The van der Waals surface area contributed by atoms with E-state index in [4.69, 9.17) is 4.74 Å². The highest BCUT2D eigenvalue weighted by molar-refractivity contribution is 7.21. The fourth-order valence-corrected chi connectivity index (χ4v) is 6.80. The Hall–Kier alpha value is -1.92. The molecule has 31 heavy (non-hydrogen) atoms. The first-order valence-electron chi connectivity index (χ1n) is 11.9. The van der Waals surface area contributed by atoms with Crippen LogP contribution >= 0.6 is 11.3 Å². The number of ether oxygens (including phenoxy) is 1. The molecule has 2 amide bonds. The minimum absolute atomic E-state index is 0.130. The minimum Gasteiger partial charge on any atom is -0.378 e. The smallest absolute Gasteiger partial charge is 0.264 e. The maximum atomic E-state index is 13.4. The van der Waals surface area contributed by atoms with Crippen molar-refractivity contribution in [3.8, 4) is 0 Å². The van der Waals surface area contributed by atoms with Gasteiger partial charge in [0, 0.05) is 43.2 Å². The Morgan fingerprint density at radius 2 is 1.77 bits per heavy atom. The molecule has 1 unspecified atom stereocenters. The predicted molar refractivity (Wildman–Crippen MR) is 124 cm³/mol. The lowest BCUT2D eigenvalue weighted by Crippen LogP contribution is -2.40. The first-order chi connectivity index (χ1) is 15.2. The van der Waals surface area contributed by atoms with Crippen LogP contribution in [0.2, 0.25) is 0 Å². The molecule has 0 radical (unpaired) electrons. The molecule has 3 fully saturated rings. The van der Waals surface area contributed by atoms with Crippen molar-refractivity contribution in [3.63, 3.8) is 0 Å². The number of carbonyl (C=O) groups is 2. The molecular weight excluding hydrogens is 408 g/mol. The van der Waals surface area contributed by atoms with Crippen LogP contribution in [0.15, 0.2) is 24.3 Å². The molecule has 3 aliphatic rings. The van der Waals surface area contributed by atoms with Gasteiger partial charge in [0.15, 0.2) is 0 Å². The van der Waals surface area contributed by atoms with Gasteiger partial charge in [-0.15, -0.1) is 11.3 Å². The Morgan fingerprint density at radius 1 is 1.00 bits per heavy atom. The molecule has 166 valence electrons. The van der Waals surface area contributed by atoms with Gasteiger partial charge in [-0.3, -0.25) is 9.59 Å². The predicted octanol–water partition coefficient (Wildman–Crippen LogP) is 4.66. The van der Waals surface area contributed by atoms with Crippen LogP contribution in [-0.2, 0) is 9.53 Å². The van der Waals surface area contributed by atoms with E-state index in [1.165, 1.54) is 41.3 Å². The zero-order valence-corrected chi connectivity index (χ0v) is 19.0. The number of rotatable bonds is 5. The summed E-state index contributed by atoms with van der Waals surface area (Å²) in [4.78, 5) is 31.1. The lowest BCUT2D eigenvalue weighted by atomic mass is 9.94. The van der Waals surface area contributed by atoms with Crippen LogP contribution in [0.4, 0.5) is 0 Å².